The number of nitrogens with zero attached hydrogens (tertiary/aromatic N) is 4. The summed E-state index contributed by atoms with van der Waals surface area (Å²) < 4.78 is 10.5. The van der Waals surface area contributed by atoms with Crippen molar-refractivity contribution in [3.63, 3.8) is 0 Å². The van der Waals surface area contributed by atoms with Gasteiger partial charge in [0.2, 0.25) is 0 Å². The van der Waals surface area contributed by atoms with E-state index in [0.29, 0.717) is 6.61 Å². The van der Waals surface area contributed by atoms with Crippen LogP contribution < -0.4 is 4.90 Å². The SMILES string of the molecule is COCc1nccc(N2CC(CN3CCOCC3)C2)n1. The largest absolute Gasteiger partial charge is 0.379 e. The van der Waals surface area contributed by atoms with Gasteiger partial charge in [0.05, 0.1) is 13.2 Å². The fourth-order valence-corrected chi connectivity index (χ4v) is 2.78. The highest BCUT2D eigenvalue weighted by Gasteiger charge is 2.29. The molecule has 0 N–H and O–H groups in total. The molecule has 20 heavy (non-hydrogen) atoms. The number of morpholine rings is 1. The maximum atomic E-state index is 5.38. The molecule has 2 saturated heterocycles. The van der Waals surface area contributed by atoms with E-state index in [1.165, 1.54) is 6.54 Å². The van der Waals surface area contributed by atoms with Crippen LogP contribution in [0.25, 0.3) is 0 Å². The Morgan fingerprint density at radius 3 is 2.90 bits per heavy atom. The van der Waals surface area contributed by atoms with Crippen LogP contribution in [0.15, 0.2) is 12.3 Å². The first kappa shape index (κ1) is 13.7. The lowest BCUT2D eigenvalue weighted by atomic mass is 9.99. The van der Waals surface area contributed by atoms with Crippen molar-refractivity contribution in [2.75, 3.05) is 57.9 Å². The first-order valence-corrected chi connectivity index (χ1v) is 7.21. The lowest BCUT2D eigenvalue weighted by Gasteiger charge is -2.43. The second kappa shape index (κ2) is 6.47. The Morgan fingerprint density at radius 1 is 1.35 bits per heavy atom. The zero-order valence-corrected chi connectivity index (χ0v) is 12.0. The molecule has 3 heterocycles. The molecule has 110 valence electrons. The number of ether oxygens (including phenoxy) is 2. The molecular formula is C14H22N4O2. The van der Waals surface area contributed by atoms with Gasteiger partial charge in [0.25, 0.3) is 0 Å². The van der Waals surface area contributed by atoms with Crippen molar-refractivity contribution in [3.8, 4) is 0 Å². The fourth-order valence-electron chi connectivity index (χ4n) is 2.78. The fraction of sp³-hybridized carbons (Fsp3) is 0.714. The molecule has 6 nitrogen and oxygen atoms in total. The van der Waals surface area contributed by atoms with Crippen LogP contribution in [-0.2, 0) is 16.1 Å². The van der Waals surface area contributed by atoms with Crippen LogP contribution in [0.2, 0.25) is 0 Å². The van der Waals surface area contributed by atoms with Gasteiger partial charge in [-0.3, -0.25) is 4.90 Å². The van der Waals surface area contributed by atoms with Crippen LogP contribution in [0, 0.1) is 5.92 Å². The van der Waals surface area contributed by atoms with Crippen molar-refractivity contribution in [2.45, 2.75) is 6.61 Å². The van der Waals surface area contributed by atoms with E-state index in [1.807, 2.05) is 12.3 Å². The molecule has 0 aliphatic carbocycles. The first-order valence-electron chi connectivity index (χ1n) is 7.21. The van der Waals surface area contributed by atoms with Crippen molar-refractivity contribution in [1.82, 2.24) is 14.9 Å². The van der Waals surface area contributed by atoms with Crippen LogP contribution in [0.1, 0.15) is 5.82 Å². The predicted octanol–water partition coefficient (Wildman–Crippen LogP) is 0.391. The van der Waals surface area contributed by atoms with Gasteiger partial charge >= 0.3 is 0 Å². The molecule has 0 saturated carbocycles. The summed E-state index contributed by atoms with van der Waals surface area (Å²) in [6, 6.07) is 1.98. The molecule has 0 amide bonds. The molecular weight excluding hydrogens is 256 g/mol. The normalized spacial score (nSPS) is 20.9. The van der Waals surface area contributed by atoms with E-state index in [2.05, 4.69) is 19.8 Å². The highest BCUT2D eigenvalue weighted by Crippen LogP contribution is 2.23. The van der Waals surface area contributed by atoms with Crippen molar-refractivity contribution in [1.29, 1.82) is 0 Å². The minimum atomic E-state index is 0.471. The Hall–Kier alpha value is -1.24. The van der Waals surface area contributed by atoms with Crippen molar-refractivity contribution >= 4 is 5.82 Å². The summed E-state index contributed by atoms with van der Waals surface area (Å²) in [7, 11) is 1.66. The van der Waals surface area contributed by atoms with Crippen molar-refractivity contribution in [3.05, 3.63) is 18.1 Å². The van der Waals surface area contributed by atoms with Gasteiger partial charge in [0.1, 0.15) is 12.4 Å². The highest BCUT2D eigenvalue weighted by atomic mass is 16.5. The Balaban J connectivity index is 1.48. The van der Waals surface area contributed by atoms with E-state index in [0.717, 1.165) is 57.0 Å². The number of methoxy groups -OCH3 is 1. The van der Waals surface area contributed by atoms with E-state index in [-0.39, 0.29) is 0 Å². The van der Waals surface area contributed by atoms with E-state index >= 15 is 0 Å². The number of rotatable bonds is 5. The molecule has 3 rings (SSSR count). The van der Waals surface area contributed by atoms with Gasteiger partial charge in [-0.15, -0.1) is 0 Å². The van der Waals surface area contributed by atoms with Crippen LogP contribution >= 0.6 is 0 Å². The van der Waals surface area contributed by atoms with Gasteiger partial charge in [-0.05, 0) is 6.07 Å². The maximum Gasteiger partial charge on any atom is 0.156 e. The Kier molecular flexibility index (Phi) is 4.44. The van der Waals surface area contributed by atoms with Gasteiger partial charge in [-0.25, -0.2) is 9.97 Å². The molecule has 0 atom stereocenters. The molecule has 2 aliphatic heterocycles. The van der Waals surface area contributed by atoms with Gasteiger partial charge < -0.3 is 14.4 Å². The Morgan fingerprint density at radius 2 is 2.15 bits per heavy atom. The van der Waals surface area contributed by atoms with Gasteiger partial charge in [-0.2, -0.15) is 0 Å². The molecule has 2 fully saturated rings. The lowest BCUT2D eigenvalue weighted by molar-refractivity contribution is 0.0285. The molecule has 0 radical (unpaired) electrons. The van der Waals surface area contributed by atoms with Gasteiger partial charge in [0.15, 0.2) is 5.82 Å². The molecule has 0 bridgehead atoms. The molecule has 1 aromatic rings. The number of anilines is 1. The van der Waals surface area contributed by atoms with Crippen molar-refractivity contribution in [2.24, 2.45) is 5.92 Å². The summed E-state index contributed by atoms with van der Waals surface area (Å²) in [6.45, 7) is 7.71. The summed E-state index contributed by atoms with van der Waals surface area (Å²) in [5.41, 5.74) is 0. The molecule has 0 aromatic carbocycles. The van der Waals surface area contributed by atoms with Gasteiger partial charge in [-0.1, -0.05) is 0 Å². The molecule has 6 heteroatoms. The van der Waals surface area contributed by atoms with E-state index in [4.69, 9.17) is 9.47 Å². The molecule has 0 spiro atoms. The second-order valence-corrected chi connectivity index (χ2v) is 5.45. The van der Waals surface area contributed by atoms with E-state index in [1.54, 1.807) is 7.11 Å². The first-order chi connectivity index (χ1) is 9.85. The highest BCUT2D eigenvalue weighted by molar-refractivity contribution is 5.40. The third-order valence-corrected chi connectivity index (χ3v) is 3.87. The lowest BCUT2D eigenvalue weighted by Crippen LogP contribution is -2.53. The minimum Gasteiger partial charge on any atom is -0.379 e. The summed E-state index contributed by atoms with van der Waals surface area (Å²) in [5, 5.41) is 0. The minimum absolute atomic E-state index is 0.471. The monoisotopic (exact) mass is 278 g/mol. The standard InChI is InChI=1S/C14H22N4O2/c1-19-11-13-15-3-2-14(16-13)18-9-12(10-18)8-17-4-6-20-7-5-17/h2-3,12H,4-11H2,1H3. The molecule has 1 aromatic heterocycles. The number of hydrogen-bond acceptors (Lipinski definition) is 6. The Labute approximate surface area is 119 Å². The van der Waals surface area contributed by atoms with Gasteiger partial charge in [0, 0.05) is 51.9 Å². The third-order valence-electron chi connectivity index (χ3n) is 3.87. The summed E-state index contributed by atoms with van der Waals surface area (Å²) in [6.07, 6.45) is 1.81. The summed E-state index contributed by atoms with van der Waals surface area (Å²) in [5.74, 6) is 2.51. The van der Waals surface area contributed by atoms with Crippen LogP contribution in [0.5, 0.6) is 0 Å². The average Bonchev–Trinajstić information content (AvgIpc) is 2.44. The zero-order chi connectivity index (χ0) is 13.8. The molecule has 0 unspecified atom stereocenters. The predicted molar refractivity (Wildman–Crippen MR) is 75.7 cm³/mol. The third kappa shape index (κ3) is 3.26. The van der Waals surface area contributed by atoms with Crippen LogP contribution in [-0.4, -0.2) is 67.9 Å². The maximum absolute atomic E-state index is 5.38. The quantitative estimate of drug-likeness (QED) is 0.777. The Bertz CT molecular complexity index is 431. The summed E-state index contributed by atoms with van der Waals surface area (Å²) in [4.78, 5) is 13.5. The second-order valence-electron chi connectivity index (χ2n) is 5.45. The van der Waals surface area contributed by atoms with Crippen LogP contribution in [0.3, 0.4) is 0 Å². The smallest absolute Gasteiger partial charge is 0.156 e. The average molecular weight is 278 g/mol. The zero-order valence-electron chi connectivity index (χ0n) is 12.0. The summed E-state index contributed by atoms with van der Waals surface area (Å²) >= 11 is 0. The van der Waals surface area contributed by atoms with E-state index in [9.17, 15) is 0 Å². The van der Waals surface area contributed by atoms with Crippen LogP contribution in [0.4, 0.5) is 5.82 Å². The topological polar surface area (TPSA) is 50.7 Å². The number of hydrogen-bond donors (Lipinski definition) is 0. The van der Waals surface area contributed by atoms with E-state index < -0.39 is 0 Å². The van der Waals surface area contributed by atoms with Crippen molar-refractivity contribution < 1.29 is 9.47 Å². The number of aromatic nitrogens is 2. The molecule has 2 aliphatic rings.